The number of hydrogen-bond acceptors (Lipinski definition) is 5. The van der Waals surface area contributed by atoms with Gasteiger partial charge in [-0.1, -0.05) is 12.5 Å². The number of hydrogen-bond donors (Lipinski definition) is 3. The summed E-state index contributed by atoms with van der Waals surface area (Å²) in [6, 6.07) is 11.0. The second-order valence-electron chi connectivity index (χ2n) is 8.72. The zero-order chi connectivity index (χ0) is 23.4. The molecule has 0 aliphatic carbocycles. The number of anilines is 2. The minimum absolute atomic E-state index is 0.0836. The Kier molecular flexibility index (Phi) is 6.99. The Morgan fingerprint density at radius 3 is 2.70 bits per heavy atom. The van der Waals surface area contributed by atoms with E-state index in [0.29, 0.717) is 29.7 Å². The first-order valence-electron chi connectivity index (χ1n) is 11.5. The van der Waals surface area contributed by atoms with Crippen molar-refractivity contribution in [2.75, 3.05) is 23.8 Å². The van der Waals surface area contributed by atoms with E-state index in [-0.39, 0.29) is 5.69 Å². The van der Waals surface area contributed by atoms with Crippen LogP contribution in [0, 0.1) is 20.8 Å². The van der Waals surface area contributed by atoms with Crippen molar-refractivity contribution in [2.45, 2.75) is 52.5 Å². The monoisotopic (exact) mass is 449 g/mol. The third-order valence-corrected chi connectivity index (χ3v) is 6.25. The number of amides is 2. The molecule has 1 atom stereocenters. The summed E-state index contributed by atoms with van der Waals surface area (Å²) in [4.78, 5) is 25.0. The van der Waals surface area contributed by atoms with Crippen molar-refractivity contribution in [2.24, 2.45) is 0 Å². The standard InChI is InChI=1S/C26H31N3O4/c1-16-7-9-21(14-17(16)2)28-26(31)29-22-15-19-8-10-23(18(3)24(19)33-25(22)30)32-13-11-20-6-4-5-12-27-20/h7-10,14-15,20,27H,4-6,11-13H2,1-3H3,(H2,28,29,31). The SMILES string of the molecule is Cc1ccc(NC(=O)Nc2cc3ccc(OCCC4CCCCN4)c(C)c3oc2=O)cc1C. The van der Waals surface area contributed by atoms with Crippen molar-refractivity contribution >= 4 is 28.4 Å². The molecule has 0 bridgehead atoms. The van der Waals surface area contributed by atoms with E-state index < -0.39 is 11.7 Å². The molecule has 1 aromatic heterocycles. The van der Waals surface area contributed by atoms with Gasteiger partial charge in [-0.2, -0.15) is 0 Å². The van der Waals surface area contributed by atoms with E-state index in [1.54, 1.807) is 6.07 Å². The van der Waals surface area contributed by atoms with Crippen molar-refractivity contribution in [3.8, 4) is 5.75 Å². The van der Waals surface area contributed by atoms with E-state index in [1.165, 1.54) is 19.3 Å². The summed E-state index contributed by atoms with van der Waals surface area (Å²) >= 11 is 0. The molecule has 33 heavy (non-hydrogen) atoms. The molecule has 0 radical (unpaired) electrons. The van der Waals surface area contributed by atoms with Gasteiger partial charge in [-0.05, 0) is 88.0 Å². The van der Waals surface area contributed by atoms with Gasteiger partial charge in [-0.15, -0.1) is 0 Å². The van der Waals surface area contributed by atoms with Crippen LogP contribution in [0.25, 0.3) is 11.0 Å². The predicted molar refractivity (Wildman–Crippen MR) is 132 cm³/mol. The van der Waals surface area contributed by atoms with Gasteiger partial charge >= 0.3 is 11.7 Å². The molecule has 174 valence electrons. The molecule has 2 heterocycles. The third-order valence-electron chi connectivity index (χ3n) is 6.25. The first-order chi connectivity index (χ1) is 15.9. The lowest BCUT2D eigenvalue weighted by molar-refractivity contribution is 0.262. The number of ether oxygens (including phenoxy) is 1. The first kappa shape index (κ1) is 22.9. The third kappa shape index (κ3) is 5.54. The average molecular weight is 450 g/mol. The van der Waals surface area contributed by atoms with Crippen LogP contribution >= 0.6 is 0 Å². The van der Waals surface area contributed by atoms with Crippen LogP contribution in [0.1, 0.15) is 42.4 Å². The molecule has 2 amide bonds. The molecule has 1 aliphatic heterocycles. The fourth-order valence-corrected chi connectivity index (χ4v) is 4.13. The normalized spacial score (nSPS) is 15.9. The zero-order valence-electron chi connectivity index (χ0n) is 19.4. The Balaban J connectivity index is 1.44. The smallest absolute Gasteiger partial charge is 0.360 e. The summed E-state index contributed by atoms with van der Waals surface area (Å²) in [5.41, 5.74) is 3.58. The number of nitrogens with one attached hydrogen (secondary N) is 3. The van der Waals surface area contributed by atoms with Gasteiger partial charge in [-0.25, -0.2) is 9.59 Å². The Labute approximate surface area is 193 Å². The van der Waals surface area contributed by atoms with Crippen LogP contribution in [0.15, 0.2) is 45.6 Å². The molecule has 0 saturated carbocycles. The van der Waals surface area contributed by atoms with Gasteiger partial charge in [0.1, 0.15) is 17.0 Å². The van der Waals surface area contributed by atoms with Crippen molar-refractivity contribution in [3.63, 3.8) is 0 Å². The summed E-state index contributed by atoms with van der Waals surface area (Å²) in [5, 5.41) is 9.58. The topological polar surface area (TPSA) is 92.6 Å². The van der Waals surface area contributed by atoms with Crippen LogP contribution in [-0.4, -0.2) is 25.2 Å². The summed E-state index contributed by atoms with van der Waals surface area (Å²) in [7, 11) is 0. The van der Waals surface area contributed by atoms with Gasteiger partial charge in [-0.3, -0.25) is 0 Å². The molecule has 7 nitrogen and oxygen atoms in total. The Bertz CT molecular complexity index is 1210. The van der Waals surface area contributed by atoms with Crippen LogP contribution in [-0.2, 0) is 0 Å². The molecule has 1 fully saturated rings. The highest BCUT2D eigenvalue weighted by atomic mass is 16.5. The second-order valence-corrected chi connectivity index (χ2v) is 8.72. The van der Waals surface area contributed by atoms with E-state index >= 15 is 0 Å². The number of carbonyl (C=O) groups is 1. The molecule has 1 unspecified atom stereocenters. The van der Waals surface area contributed by atoms with Crippen LogP contribution in [0.3, 0.4) is 0 Å². The lowest BCUT2D eigenvalue weighted by Crippen LogP contribution is -2.35. The Morgan fingerprint density at radius 2 is 1.94 bits per heavy atom. The molecule has 0 spiro atoms. The highest BCUT2D eigenvalue weighted by Crippen LogP contribution is 2.28. The van der Waals surface area contributed by atoms with E-state index in [1.807, 2.05) is 51.1 Å². The van der Waals surface area contributed by atoms with Crippen LogP contribution < -0.4 is 26.3 Å². The van der Waals surface area contributed by atoms with Gasteiger partial charge in [0.15, 0.2) is 0 Å². The number of fused-ring (bicyclic) bond motifs is 1. The minimum Gasteiger partial charge on any atom is -0.493 e. The molecule has 3 aromatic rings. The summed E-state index contributed by atoms with van der Waals surface area (Å²) < 4.78 is 11.5. The van der Waals surface area contributed by atoms with E-state index in [0.717, 1.165) is 35.0 Å². The number of carbonyl (C=O) groups excluding carboxylic acids is 1. The van der Waals surface area contributed by atoms with E-state index in [2.05, 4.69) is 16.0 Å². The van der Waals surface area contributed by atoms with Gasteiger partial charge < -0.3 is 25.1 Å². The first-order valence-corrected chi connectivity index (χ1v) is 11.5. The summed E-state index contributed by atoms with van der Waals surface area (Å²) in [6.45, 7) is 7.53. The maximum absolute atomic E-state index is 12.5. The molecular weight excluding hydrogens is 418 g/mol. The average Bonchev–Trinajstić information content (AvgIpc) is 2.80. The van der Waals surface area contributed by atoms with E-state index in [9.17, 15) is 9.59 Å². The van der Waals surface area contributed by atoms with Crippen LogP contribution in [0.4, 0.5) is 16.2 Å². The lowest BCUT2D eigenvalue weighted by atomic mass is 10.0. The highest BCUT2D eigenvalue weighted by molar-refractivity contribution is 6.00. The quantitative estimate of drug-likeness (QED) is 0.446. The largest absolute Gasteiger partial charge is 0.493 e. The predicted octanol–water partition coefficient (Wildman–Crippen LogP) is 5.27. The summed E-state index contributed by atoms with van der Waals surface area (Å²) in [6.07, 6.45) is 4.63. The van der Waals surface area contributed by atoms with Crippen molar-refractivity contribution < 1.29 is 13.9 Å². The number of piperidine rings is 1. The molecule has 7 heteroatoms. The summed E-state index contributed by atoms with van der Waals surface area (Å²) in [5.74, 6) is 0.703. The Morgan fingerprint density at radius 1 is 1.09 bits per heavy atom. The highest BCUT2D eigenvalue weighted by Gasteiger charge is 2.15. The van der Waals surface area contributed by atoms with Crippen molar-refractivity contribution in [1.29, 1.82) is 0 Å². The maximum Gasteiger partial charge on any atom is 0.360 e. The fourth-order valence-electron chi connectivity index (χ4n) is 4.13. The number of rotatable bonds is 6. The van der Waals surface area contributed by atoms with E-state index in [4.69, 9.17) is 9.15 Å². The van der Waals surface area contributed by atoms with Gasteiger partial charge in [0.25, 0.3) is 0 Å². The van der Waals surface area contributed by atoms with Crippen LogP contribution in [0.5, 0.6) is 5.75 Å². The van der Waals surface area contributed by atoms with Crippen molar-refractivity contribution in [3.05, 3.63) is 63.5 Å². The van der Waals surface area contributed by atoms with Gasteiger partial charge in [0.05, 0.1) is 6.61 Å². The second kappa shape index (κ2) is 10.1. The lowest BCUT2D eigenvalue weighted by Gasteiger charge is -2.23. The van der Waals surface area contributed by atoms with Gasteiger partial charge in [0, 0.05) is 22.7 Å². The van der Waals surface area contributed by atoms with Gasteiger partial charge in [0.2, 0.25) is 0 Å². The minimum atomic E-state index is -0.607. The molecule has 1 aliphatic rings. The number of aryl methyl sites for hydroxylation is 3. The maximum atomic E-state index is 12.5. The van der Waals surface area contributed by atoms with Crippen molar-refractivity contribution in [1.82, 2.24) is 5.32 Å². The fraction of sp³-hybridized carbons (Fsp3) is 0.385. The molecular formula is C26H31N3O4. The molecule has 4 rings (SSSR count). The molecule has 1 saturated heterocycles. The molecule has 2 aromatic carbocycles. The number of benzene rings is 2. The number of urea groups is 1. The molecule has 3 N–H and O–H groups in total. The van der Waals surface area contributed by atoms with Crippen LogP contribution in [0.2, 0.25) is 0 Å². The Hall–Kier alpha value is -3.32. The zero-order valence-corrected chi connectivity index (χ0v) is 19.4.